The number of carbonyl (C=O) groups excluding carboxylic acids is 1. The number of nitrogens with zero attached hydrogens (tertiary/aromatic N) is 2. The van der Waals surface area contributed by atoms with Crippen molar-refractivity contribution in [2.75, 3.05) is 5.32 Å². The standard InChI is InChI=1S/C17H16ClN3OS/c1-3-21-14(15-7-8-16(18)23-15)10-13(20-21)17(22)19-12-6-4-5-11(2)9-12/h4-10H,3H2,1-2H3,(H,19,22). The van der Waals surface area contributed by atoms with Crippen molar-refractivity contribution in [1.29, 1.82) is 0 Å². The fraction of sp³-hybridized carbons (Fsp3) is 0.176. The van der Waals surface area contributed by atoms with Gasteiger partial charge in [-0.2, -0.15) is 5.10 Å². The van der Waals surface area contributed by atoms with Crippen molar-refractivity contribution in [2.45, 2.75) is 20.4 Å². The van der Waals surface area contributed by atoms with Crippen LogP contribution in [0.1, 0.15) is 23.0 Å². The van der Waals surface area contributed by atoms with Crippen molar-refractivity contribution in [3.8, 4) is 10.6 Å². The summed E-state index contributed by atoms with van der Waals surface area (Å²) in [5, 5.41) is 7.28. The van der Waals surface area contributed by atoms with Gasteiger partial charge in [0.1, 0.15) is 0 Å². The van der Waals surface area contributed by atoms with Crippen molar-refractivity contribution >= 4 is 34.5 Å². The van der Waals surface area contributed by atoms with Crippen LogP contribution in [0.15, 0.2) is 42.5 Å². The molecule has 3 aromatic rings. The number of carbonyl (C=O) groups is 1. The fourth-order valence-electron chi connectivity index (χ4n) is 2.34. The fourth-order valence-corrected chi connectivity index (χ4v) is 3.40. The molecule has 3 rings (SSSR count). The molecule has 0 radical (unpaired) electrons. The Balaban J connectivity index is 1.88. The first-order valence-corrected chi connectivity index (χ1v) is 8.48. The number of hydrogen-bond donors (Lipinski definition) is 1. The SMILES string of the molecule is CCn1nc(C(=O)Nc2cccc(C)c2)cc1-c1ccc(Cl)s1. The first-order valence-electron chi connectivity index (χ1n) is 7.28. The normalized spacial score (nSPS) is 10.7. The molecule has 23 heavy (non-hydrogen) atoms. The second-order valence-corrected chi connectivity index (χ2v) is 6.87. The third kappa shape index (κ3) is 3.46. The molecular weight excluding hydrogens is 330 g/mol. The Morgan fingerprint density at radius 1 is 1.30 bits per heavy atom. The lowest BCUT2D eigenvalue weighted by Crippen LogP contribution is -2.13. The van der Waals surface area contributed by atoms with Crippen LogP contribution in [0.3, 0.4) is 0 Å². The van der Waals surface area contributed by atoms with E-state index in [9.17, 15) is 4.79 Å². The molecule has 0 aliphatic carbocycles. The third-order valence-electron chi connectivity index (χ3n) is 3.41. The van der Waals surface area contributed by atoms with Crippen LogP contribution in [-0.4, -0.2) is 15.7 Å². The molecule has 1 aromatic carbocycles. The molecule has 0 bridgehead atoms. The third-order valence-corrected chi connectivity index (χ3v) is 4.67. The number of hydrogen-bond acceptors (Lipinski definition) is 3. The highest BCUT2D eigenvalue weighted by Crippen LogP contribution is 2.31. The minimum Gasteiger partial charge on any atom is -0.321 e. The monoisotopic (exact) mass is 345 g/mol. The highest BCUT2D eigenvalue weighted by Gasteiger charge is 2.16. The molecular formula is C17H16ClN3OS. The zero-order valence-electron chi connectivity index (χ0n) is 12.8. The Hall–Kier alpha value is -2.11. The van der Waals surface area contributed by atoms with Gasteiger partial charge in [0.15, 0.2) is 5.69 Å². The Morgan fingerprint density at radius 2 is 2.13 bits per heavy atom. The summed E-state index contributed by atoms with van der Waals surface area (Å²) in [6, 6.07) is 13.3. The highest BCUT2D eigenvalue weighted by atomic mass is 35.5. The lowest BCUT2D eigenvalue weighted by atomic mass is 10.2. The number of nitrogens with one attached hydrogen (secondary N) is 1. The van der Waals surface area contributed by atoms with Gasteiger partial charge in [-0.05, 0) is 49.7 Å². The van der Waals surface area contributed by atoms with Crippen LogP contribution in [0.4, 0.5) is 5.69 Å². The van der Waals surface area contributed by atoms with E-state index in [2.05, 4.69) is 10.4 Å². The second kappa shape index (κ2) is 6.56. The van der Waals surface area contributed by atoms with Crippen LogP contribution >= 0.6 is 22.9 Å². The molecule has 0 saturated carbocycles. The molecule has 0 saturated heterocycles. The molecule has 2 aromatic heterocycles. The van der Waals surface area contributed by atoms with Gasteiger partial charge in [0.05, 0.1) is 14.9 Å². The molecule has 118 valence electrons. The number of benzene rings is 1. The van der Waals surface area contributed by atoms with Crippen molar-refractivity contribution in [3.63, 3.8) is 0 Å². The van der Waals surface area contributed by atoms with E-state index in [1.165, 1.54) is 11.3 Å². The van der Waals surface area contributed by atoms with Crippen LogP contribution in [0.2, 0.25) is 4.34 Å². The van der Waals surface area contributed by atoms with Crippen LogP contribution in [0.25, 0.3) is 10.6 Å². The predicted octanol–water partition coefficient (Wildman–Crippen LogP) is 4.85. The summed E-state index contributed by atoms with van der Waals surface area (Å²) in [5.74, 6) is -0.216. The van der Waals surface area contributed by atoms with Gasteiger partial charge >= 0.3 is 0 Å². The van der Waals surface area contributed by atoms with Crippen molar-refractivity contribution in [3.05, 3.63) is 58.1 Å². The zero-order valence-corrected chi connectivity index (χ0v) is 14.4. The average molecular weight is 346 g/mol. The maximum atomic E-state index is 12.4. The summed E-state index contributed by atoms with van der Waals surface area (Å²) in [6.45, 7) is 4.66. The second-order valence-electron chi connectivity index (χ2n) is 5.16. The summed E-state index contributed by atoms with van der Waals surface area (Å²) in [7, 11) is 0. The number of halogens is 1. The largest absolute Gasteiger partial charge is 0.321 e. The van der Waals surface area contributed by atoms with Gasteiger partial charge in [0, 0.05) is 12.2 Å². The van der Waals surface area contributed by atoms with E-state index in [0.29, 0.717) is 12.2 Å². The Kier molecular flexibility index (Phi) is 4.50. The maximum Gasteiger partial charge on any atom is 0.276 e. The van der Waals surface area contributed by atoms with E-state index in [1.807, 2.05) is 54.9 Å². The van der Waals surface area contributed by atoms with Crippen LogP contribution in [0, 0.1) is 6.92 Å². The quantitative estimate of drug-likeness (QED) is 0.735. The van der Waals surface area contributed by atoms with Gasteiger partial charge in [-0.1, -0.05) is 23.7 Å². The molecule has 1 amide bonds. The van der Waals surface area contributed by atoms with Gasteiger partial charge < -0.3 is 5.32 Å². The summed E-state index contributed by atoms with van der Waals surface area (Å²) in [6.07, 6.45) is 0. The van der Waals surface area contributed by atoms with Crippen molar-refractivity contribution in [2.24, 2.45) is 0 Å². The van der Waals surface area contributed by atoms with Crippen molar-refractivity contribution < 1.29 is 4.79 Å². The van der Waals surface area contributed by atoms with E-state index in [1.54, 1.807) is 6.07 Å². The molecule has 0 aliphatic heterocycles. The van der Waals surface area contributed by atoms with E-state index in [-0.39, 0.29) is 5.91 Å². The lowest BCUT2D eigenvalue weighted by molar-refractivity contribution is 0.102. The molecule has 2 heterocycles. The smallest absolute Gasteiger partial charge is 0.276 e. The van der Waals surface area contributed by atoms with Crippen LogP contribution in [-0.2, 0) is 6.54 Å². The van der Waals surface area contributed by atoms with E-state index < -0.39 is 0 Å². The first-order chi connectivity index (χ1) is 11.1. The Labute approximate surface area is 143 Å². The van der Waals surface area contributed by atoms with Crippen molar-refractivity contribution in [1.82, 2.24) is 9.78 Å². The predicted molar refractivity (Wildman–Crippen MR) is 95.4 cm³/mol. The minimum absolute atomic E-state index is 0.216. The molecule has 0 spiro atoms. The number of rotatable bonds is 4. The number of aryl methyl sites for hydroxylation is 2. The Morgan fingerprint density at radius 3 is 2.78 bits per heavy atom. The summed E-state index contributed by atoms with van der Waals surface area (Å²) >= 11 is 7.48. The van der Waals surface area contributed by atoms with Crippen LogP contribution < -0.4 is 5.32 Å². The number of thiophene rings is 1. The number of amides is 1. The minimum atomic E-state index is -0.216. The first kappa shape index (κ1) is 15.8. The maximum absolute atomic E-state index is 12.4. The lowest BCUT2D eigenvalue weighted by Gasteiger charge is -2.03. The molecule has 6 heteroatoms. The van der Waals surface area contributed by atoms with Gasteiger partial charge in [0.2, 0.25) is 0 Å². The van der Waals surface area contributed by atoms with Crippen LogP contribution in [0.5, 0.6) is 0 Å². The van der Waals surface area contributed by atoms with E-state index in [4.69, 9.17) is 11.6 Å². The highest BCUT2D eigenvalue weighted by molar-refractivity contribution is 7.19. The number of aromatic nitrogens is 2. The molecule has 0 atom stereocenters. The topological polar surface area (TPSA) is 46.9 Å². The molecule has 0 unspecified atom stereocenters. The van der Waals surface area contributed by atoms with E-state index in [0.717, 1.165) is 26.2 Å². The van der Waals surface area contributed by atoms with Gasteiger partial charge in [0.25, 0.3) is 5.91 Å². The summed E-state index contributed by atoms with van der Waals surface area (Å²) < 4.78 is 2.53. The Bertz CT molecular complexity index is 853. The average Bonchev–Trinajstić information content (AvgIpc) is 3.13. The molecule has 0 fully saturated rings. The molecule has 1 N–H and O–H groups in total. The van der Waals surface area contributed by atoms with Gasteiger partial charge in [-0.15, -0.1) is 11.3 Å². The zero-order chi connectivity index (χ0) is 16.4. The molecule has 4 nitrogen and oxygen atoms in total. The number of anilines is 1. The van der Waals surface area contributed by atoms with Gasteiger partial charge in [-0.25, -0.2) is 0 Å². The van der Waals surface area contributed by atoms with E-state index >= 15 is 0 Å². The molecule has 0 aliphatic rings. The van der Waals surface area contributed by atoms with Gasteiger partial charge in [-0.3, -0.25) is 9.48 Å². The summed E-state index contributed by atoms with van der Waals surface area (Å²) in [4.78, 5) is 13.4. The summed E-state index contributed by atoms with van der Waals surface area (Å²) in [5.41, 5.74) is 3.16.